The third kappa shape index (κ3) is 6.63. The van der Waals surface area contributed by atoms with Crippen LogP contribution in [0.15, 0.2) is 47.6 Å². The van der Waals surface area contributed by atoms with Gasteiger partial charge in [-0.3, -0.25) is 0 Å². The van der Waals surface area contributed by atoms with E-state index in [-0.39, 0.29) is 37.2 Å². The molecule has 1 amide bonds. The molecule has 0 radical (unpaired) electrons. The van der Waals surface area contributed by atoms with Crippen molar-refractivity contribution in [1.29, 1.82) is 0 Å². The molecule has 1 atom stereocenters. The second-order valence-electron chi connectivity index (χ2n) is 8.04. The maximum Gasteiger partial charge on any atom is 0.418 e. The molecule has 1 unspecified atom stereocenters. The minimum Gasteiger partial charge on any atom is -0.488 e. The first-order chi connectivity index (χ1) is 17.1. The van der Waals surface area contributed by atoms with E-state index >= 15 is 0 Å². The Labute approximate surface area is 210 Å². The van der Waals surface area contributed by atoms with E-state index in [9.17, 15) is 13.8 Å². The molecule has 0 bridgehead atoms. The first-order valence-electron chi connectivity index (χ1n) is 11.4. The second kappa shape index (κ2) is 11.7. The first kappa shape index (κ1) is 26.7. The molecule has 3 aromatic rings. The number of anilines is 1. The Morgan fingerprint density at radius 2 is 1.83 bits per heavy atom. The van der Waals surface area contributed by atoms with Crippen LogP contribution in [0.3, 0.4) is 0 Å². The summed E-state index contributed by atoms with van der Waals surface area (Å²) < 4.78 is 31.2. The summed E-state index contributed by atoms with van der Waals surface area (Å²) in [7, 11) is -3.14. The maximum absolute atomic E-state index is 12.9. The number of benzene rings is 2. The van der Waals surface area contributed by atoms with E-state index in [4.69, 9.17) is 14.2 Å². The molecule has 0 fully saturated rings. The van der Waals surface area contributed by atoms with Crippen molar-refractivity contribution in [1.82, 2.24) is 14.7 Å². The molecule has 11 heteroatoms. The van der Waals surface area contributed by atoms with Gasteiger partial charge in [-0.1, -0.05) is 12.1 Å². The summed E-state index contributed by atoms with van der Waals surface area (Å²) >= 11 is 0. The number of aromatic nitrogens is 2. The van der Waals surface area contributed by atoms with Crippen molar-refractivity contribution in [3.8, 4) is 5.75 Å². The molecule has 0 saturated carbocycles. The predicted molar refractivity (Wildman–Crippen MR) is 139 cm³/mol. The Balaban J connectivity index is 1.92. The quantitative estimate of drug-likeness (QED) is 0.305. The molecule has 1 aromatic heterocycles. The summed E-state index contributed by atoms with van der Waals surface area (Å²) in [6.07, 6.45) is 0.619. The Bertz CT molecular complexity index is 1360. The molecule has 0 aliphatic carbocycles. The summed E-state index contributed by atoms with van der Waals surface area (Å²) in [5.41, 5.74) is 1.46. The van der Waals surface area contributed by atoms with Crippen LogP contribution in [0, 0.1) is 0 Å². The zero-order valence-corrected chi connectivity index (χ0v) is 21.5. The lowest BCUT2D eigenvalue weighted by Crippen LogP contribution is -2.31. The molecule has 0 spiro atoms. The lowest BCUT2D eigenvalue weighted by molar-refractivity contribution is 0.0521. The fraction of sp³-hybridized carbons (Fsp3) is 0.320. The monoisotopic (exact) mass is 514 g/mol. The Morgan fingerprint density at radius 3 is 2.53 bits per heavy atom. The molecule has 36 heavy (non-hydrogen) atoms. The number of hydrogen-bond acceptors (Lipinski definition) is 9. The summed E-state index contributed by atoms with van der Waals surface area (Å²) in [6, 6.07) is 10.1. The molecule has 1 heterocycles. The lowest BCUT2D eigenvalue weighted by Gasteiger charge is -2.16. The number of carbonyl (C=O) groups is 2. The second-order valence-corrected chi connectivity index (χ2v) is 10.1. The van der Waals surface area contributed by atoms with Gasteiger partial charge in [-0.2, -0.15) is 0 Å². The highest BCUT2D eigenvalue weighted by Crippen LogP contribution is 2.30. The number of rotatable bonds is 10. The summed E-state index contributed by atoms with van der Waals surface area (Å²) in [5.74, 6) is 3.97. The number of esters is 1. The van der Waals surface area contributed by atoms with Crippen LogP contribution in [0.5, 0.6) is 5.75 Å². The van der Waals surface area contributed by atoms with Gasteiger partial charge in [0.1, 0.15) is 30.1 Å². The molecule has 2 N–H and O–H groups in total. The van der Waals surface area contributed by atoms with Gasteiger partial charge in [0.15, 0.2) is 0 Å². The molecule has 2 aromatic carbocycles. The minimum absolute atomic E-state index is 0.0445. The topological polar surface area (TPSA) is 129 Å². The van der Waals surface area contributed by atoms with Gasteiger partial charge in [0.2, 0.25) is 0 Å². The van der Waals surface area contributed by atoms with Crippen molar-refractivity contribution >= 4 is 44.4 Å². The van der Waals surface area contributed by atoms with E-state index in [0.717, 1.165) is 0 Å². The molecule has 0 aliphatic rings. The van der Waals surface area contributed by atoms with E-state index in [1.807, 2.05) is 13.8 Å². The minimum atomic E-state index is -3.14. The smallest absolute Gasteiger partial charge is 0.418 e. The van der Waals surface area contributed by atoms with E-state index in [0.29, 0.717) is 27.2 Å². The number of carbonyl (C=O) groups excluding carboxylic acids is 2. The normalized spacial score (nSPS) is 12.6. The largest absolute Gasteiger partial charge is 0.488 e. The van der Waals surface area contributed by atoms with Gasteiger partial charge in [-0.15, -0.1) is 0 Å². The lowest BCUT2D eigenvalue weighted by atomic mass is 10.1. The third-order valence-electron chi connectivity index (χ3n) is 4.85. The average Bonchev–Trinajstić information content (AvgIpc) is 2.82. The molecule has 10 nitrogen and oxygen atoms in total. The summed E-state index contributed by atoms with van der Waals surface area (Å²) in [4.78, 5) is 33.4. The Morgan fingerprint density at radius 1 is 1.08 bits per heavy atom. The van der Waals surface area contributed by atoms with Gasteiger partial charge in [0.05, 0.1) is 33.3 Å². The van der Waals surface area contributed by atoms with Crippen LogP contribution in [-0.4, -0.2) is 51.4 Å². The SMILES string of the molecule is C=S(=O)(NC(=O)OCC)c1cccc(COc2cc3ncnc(NC(C)C)c3cc2C(=O)OCC)c1. The van der Waals surface area contributed by atoms with Crippen molar-refractivity contribution in [3.05, 3.63) is 53.9 Å². The molecule has 0 saturated heterocycles. The molecular formula is C25H30N4O6S. The molecule has 3 rings (SSSR count). The summed E-state index contributed by atoms with van der Waals surface area (Å²) in [5, 5.41) is 3.91. The van der Waals surface area contributed by atoms with Crippen molar-refractivity contribution in [2.75, 3.05) is 18.5 Å². The van der Waals surface area contributed by atoms with Crippen LogP contribution in [0.4, 0.5) is 10.6 Å². The number of hydrogen-bond donors (Lipinski definition) is 2. The van der Waals surface area contributed by atoms with Gasteiger partial charge in [0, 0.05) is 17.5 Å². The van der Waals surface area contributed by atoms with Gasteiger partial charge in [-0.05, 0) is 57.3 Å². The molecule has 192 valence electrons. The van der Waals surface area contributed by atoms with Crippen molar-refractivity contribution < 1.29 is 28.0 Å². The van der Waals surface area contributed by atoms with Crippen molar-refractivity contribution in [2.45, 2.75) is 45.2 Å². The van der Waals surface area contributed by atoms with E-state index < -0.39 is 21.8 Å². The van der Waals surface area contributed by atoms with Crippen LogP contribution in [0.2, 0.25) is 0 Å². The van der Waals surface area contributed by atoms with Crippen molar-refractivity contribution in [3.63, 3.8) is 0 Å². The van der Waals surface area contributed by atoms with Gasteiger partial charge in [-0.25, -0.2) is 28.5 Å². The third-order valence-corrected chi connectivity index (χ3v) is 6.37. The van der Waals surface area contributed by atoms with Gasteiger partial charge in [0.25, 0.3) is 0 Å². The highest BCUT2D eigenvalue weighted by atomic mass is 32.2. The number of nitrogens with zero attached hydrogens (tertiary/aromatic N) is 2. The highest BCUT2D eigenvalue weighted by molar-refractivity contribution is 7.99. The van der Waals surface area contributed by atoms with E-state index in [1.165, 1.54) is 6.33 Å². The predicted octanol–water partition coefficient (Wildman–Crippen LogP) is 3.94. The zero-order valence-electron chi connectivity index (χ0n) is 20.7. The average molecular weight is 515 g/mol. The van der Waals surface area contributed by atoms with Gasteiger partial charge >= 0.3 is 12.1 Å². The molecule has 0 aliphatic heterocycles. The number of ether oxygens (including phenoxy) is 3. The van der Waals surface area contributed by atoms with Crippen LogP contribution >= 0.6 is 0 Å². The number of amides is 1. The fourth-order valence-corrected chi connectivity index (χ4v) is 4.40. The Kier molecular flexibility index (Phi) is 8.70. The molecular weight excluding hydrogens is 484 g/mol. The van der Waals surface area contributed by atoms with Crippen LogP contribution < -0.4 is 14.8 Å². The first-order valence-corrected chi connectivity index (χ1v) is 13.1. The maximum atomic E-state index is 12.9. The highest BCUT2D eigenvalue weighted by Gasteiger charge is 2.19. The van der Waals surface area contributed by atoms with E-state index in [2.05, 4.69) is 25.9 Å². The van der Waals surface area contributed by atoms with E-state index in [1.54, 1.807) is 50.2 Å². The number of nitrogens with one attached hydrogen (secondary N) is 2. The van der Waals surface area contributed by atoms with Crippen LogP contribution in [0.1, 0.15) is 43.6 Å². The zero-order chi connectivity index (χ0) is 26.3. The van der Waals surface area contributed by atoms with Crippen LogP contribution in [0.25, 0.3) is 10.9 Å². The van der Waals surface area contributed by atoms with Crippen LogP contribution in [-0.2, 0) is 25.8 Å². The fourth-order valence-electron chi connectivity index (χ4n) is 3.32. The number of fused-ring (bicyclic) bond motifs is 1. The van der Waals surface area contributed by atoms with Gasteiger partial charge < -0.3 is 19.5 Å². The van der Waals surface area contributed by atoms with Crippen molar-refractivity contribution in [2.24, 2.45) is 0 Å². The standard InChI is InChI=1S/C25H30N4O6S/c1-6-33-24(30)20-12-19-21(26-15-27-23(19)28-16(3)4)13-22(20)35-14-17-9-8-10-18(11-17)36(5,32)29-25(31)34-7-2/h8-13,15-16H,5-7,14H2,1-4H3,(H,26,27,28)(H,29,31,32). The summed E-state index contributed by atoms with van der Waals surface area (Å²) in [6.45, 7) is 7.73. The Hall–Kier alpha value is -3.86.